The van der Waals surface area contributed by atoms with Crippen LogP contribution in [0.2, 0.25) is 0 Å². The van der Waals surface area contributed by atoms with Crippen LogP contribution in [0.15, 0.2) is 23.8 Å². The van der Waals surface area contributed by atoms with Gasteiger partial charge in [0.1, 0.15) is 12.6 Å². The third kappa shape index (κ3) is 2.72. The van der Waals surface area contributed by atoms with Crippen LogP contribution in [0, 0.1) is 5.92 Å². The van der Waals surface area contributed by atoms with Crippen molar-refractivity contribution in [3.63, 3.8) is 0 Å². The van der Waals surface area contributed by atoms with Gasteiger partial charge < -0.3 is 9.84 Å². The number of carboxylic acids is 1. The Balaban J connectivity index is 1.79. The van der Waals surface area contributed by atoms with Crippen molar-refractivity contribution in [1.82, 2.24) is 4.90 Å². The number of ether oxygens (including phenoxy) is 1. The lowest BCUT2D eigenvalue weighted by Gasteiger charge is -2.36. The first-order chi connectivity index (χ1) is 8.58. The van der Waals surface area contributed by atoms with Crippen LogP contribution in [0.1, 0.15) is 19.8 Å². The van der Waals surface area contributed by atoms with Crippen LogP contribution in [0.3, 0.4) is 0 Å². The lowest BCUT2D eigenvalue weighted by molar-refractivity contribution is -0.146. The zero-order chi connectivity index (χ0) is 13.1. The third-order valence-electron chi connectivity index (χ3n) is 3.29. The van der Waals surface area contributed by atoms with Crippen molar-refractivity contribution in [2.75, 3.05) is 13.2 Å². The molecular weight excluding hydrogens is 234 g/mol. The van der Waals surface area contributed by atoms with E-state index in [0.29, 0.717) is 18.9 Å². The van der Waals surface area contributed by atoms with Crippen molar-refractivity contribution in [1.29, 1.82) is 0 Å². The van der Waals surface area contributed by atoms with Gasteiger partial charge in [0.05, 0.1) is 0 Å². The van der Waals surface area contributed by atoms with E-state index in [9.17, 15) is 9.59 Å². The molecule has 0 aromatic rings. The van der Waals surface area contributed by atoms with Crippen LogP contribution in [0.5, 0.6) is 0 Å². The van der Waals surface area contributed by atoms with Crippen LogP contribution in [-0.2, 0) is 9.53 Å². The highest BCUT2D eigenvalue weighted by molar-refractivity contribution is 5.81. The number of hydrogen-bond acceptors (Lipinski definition) is 3. The summed E-state index contributed by atoms with van der Waals surface area (Å²) in [5.74, 6) is -0.444. The molecule has 1 heterocycles. The van der Waals surface area contributed by atoms with Gasteiger partial charge in [-0.25, -0.2) is 9.59 Å². The van der Waals surface area contributed by atoms with Crippen molar-refractivity contribution >= 4 is 12.1 Å². The molecule has 2 rings (SSSR count). The molecule has 1 unspecified atom stereocenters. The van der Waals surface area contributed by atoms with E-state index in [0.717, 1.165) is 12.0 Å². The fourth-order valence-corrected chi connectivity index (χ4v) is 1.97. The average molecular weight is 251 g/mol. The number of rotatable bonds is 3. The Kier molecular flexibility index (Phi) is 3.69. The highest BCUT2D eigenvalue weighted by Gasteiger charge is 2.38. The summed E-state index contributed by atoms with van der Waals surface area (Å²) in [4.78, 5) is 23.7. The number of amides is 1. The second-order valence-electron chi connectivity index (χ2n) is 4.74. The second-order valence-corrected chi connectivity index (χ2v) is 4.74. The average Bonchev–Trinajstić information content (AvgIpc) is 2.26. The Labute approximate surface area is 106 Å². The molecule has 0 aromatic carbocycles. The minimum atomic E-state index is -0.969. The normalized spacial score (nSPS) is 26.3. The van der Waals surface area contributed by atoms with E-state index >= 15 is 0 Å². The van der Waals surface area contributed by atoms with Gasteiger partial charge in [-0.3, -0.25) is 4.90 Å². The molecule has 98 valence electrons. The number of carbonyl (C=O) groups is 2. The molecular formula is C13H17NO4. The number of allylic oxidation sites excluding steroid dienone is 2. The van der Waals surface area contributed by atoms with E-state index in [2.05, 4.69) is 13.0 Å². The Morgan fingerprint density at radius 2 is 2.33 bits per heavy atom. The fourth-order valence-electron chi connectivity index (χ4n) is 1.97. The Morgan fingerprint density at radius 3 is 2.83 bits per heavy atom. The quantitative estimate of drug-likeness (QED) is 0.830. The van der Waals surface area contributed by atoms with Crippen molar-refractivity contribution in [3.05, 3.63) is 23.8 Å². The fraction of sp³-hybridized carbons (Fsp3) is 0.538. The van der Waals surface area contributed by atoms with Crippen molar-refractivity contribution < 1.29 is 19.4 Å². The topological polar surface area (TPSA) is 66.8 Å². The highest BCUT2D eigenvalue weighted by atomic mass is 16.6. The predicted molar refractivity (Wildman–Crippen MR) is 65.1 cm³/mol. The second kappa shape index (κ2) is 5.25. The molecule has 2 aliphatic rings. The van der Waals surface area contributed by atoms with Crippen molar-refractivity contribution in [3.8, 4) is 0 Å². The minimum absolute atomic E-state index is 0.213. The first-order valence-corrected chi connectivity index (χ1v) is 6.11. The molecule has 5 nitrogen and oxygen atoms in total. The first kappa shape index (κ1) is 12.7. The molecule has 0 spiro atoms. The number of carboxylic acid groups (broad SMARTS) is 1. The Hall–Kier alpha value is -1.78. The maximum absolute atomic E-state index is 11.6. The molecule has 18 heavy (non-hydrogen) atoms. The molecule has 0 radical (unpaired) electrons. The largest absolute Gasteiger partial charge is 0.480 e. The number of carbonyl (C=O) groups excluding carboxylic acids is 1. The molecule has 1 N–H and O–H groups in total. The standard InChI is InChI=1S/C13H17NO4/c1-9-2-4-10(5-3-9)8-18-13(17)14-7-6-11(14)12(15)16/h2,4-5,9,11H,3,6-8H2,1H3,(H,15,16)/t9?,11-/m0/s1. The molecule has 1 fully saturated rings. The van der Waals surface area contributed by atoms with Crippen molar-refractivity contribution in [2.24, 2.45) is 5.92 Å². The molecule has 0 bridgehead atoms. The predicted octanol–water partition coefficient (Wildman–Crippen LogP) is 1.80. The number of likely N-dealkylation sites (tertiary alicyclic amines) is 1. The molecule has 5 heteroatoms. The van der Waals surface area contributed by atoms with Gasteiger partial charge in [-0.2, -0.15) is 0 Å². The lowest BCUT2D eigenvalue weighted by Crippen LogP contribution is -2.55. The number of aliphatic carboxylic acids is 1. The van der Waals surface area contributed by atoms with Crippen LogP contribution < -0.4 is 0 Å². The molecule has 2 atom stereocenters. The minimum Gasteiger partial charge on any atom is -0.480 e. The maximum Gasteiger partial charge on any atom is 0.410 e. The zero-order valence-corrected chi connectivity index (χ0v) is 10.3. The third-order valence-corrected chi connectivity index (χ3v) is 3.29. The van der Waals surface area contributed by atoms with Gasteiger partial charge in [0.2, 0.25) is 0 Å². The van der Waals surface area contributed by atoms with Crippen LogP contribution in [0.4, 0.5) is 4.79 Å². The van der Waals surface area contributed by atoms with Crippen LogP contribution in [-0.4, -0.2) is 41.3 Å². The summed E-state index contributed by atoms with van der Waals surface area (Å²) in [6, 6.07) is -0.714. The van der Waals surface area contributed by atoms with Gasteiger partial charge in [-0.1, -0.05) is 25.2 Å². The highest BCUT2D eigenvalue weighted by Crippen LogP contribution is 2.20. The Bertz CT molecular complexity index is 413. The monoisotopic (exact) mass is 251 g/mol. The van der Waals surface area contributed by atoms with Gasteiger partial charge in [0.25, 0.3) is 0 Å². The molecule has 0 saturated carbocycles. The first-order valence-electron chi connectivity index (χ1n) is 6.11. The van der Waals surface area contributed by atoms with E-state index in [1.54, 1.807) is 0 Å². The van der Waals surface area contributed by atoms with Gasteiger partial charge in [-0.05, 0) is 24.3 Å². The summed E-state index contributed by atoms with van der Waals surface area (Å²) in [7, 11) is 0. The number of nitrogens with zero attached hydrogens (tertiary/aromatic N) is 1. The van der Waals surface area contributed by atoms with Gasteiger partial charge >= 0.3 is 12.1 Å². The zero-order valence-electron chi connectivity index (χ0n) is 10.3. The molecule has 1 saturated heterocycles. The van der Waals surface area contributed by atoms with E-state index in [1.807, 2.05) is 12.2 Å². The van der Waals surface area contributed by atoms with E-state index in [-0.39, 0.29) is 6.61 Å². The van der Waals surface area contributed by atoms with E-state index in [4.69, 9.17) is 9.84 Å². The van der Waals surface area contributed by atoms with E-state index < -0.39 is 18.1 Å². The molecule has 1 aliphatic heterocycles. The van der Waals surface area contributed by atoms with Gasteiger partial charge in [0.15, 0.2) is 0 Å². The summed E-state index contributed by atoms with van der Waals surface area (Å²) < 4.78 is 5.11. The van der Waals surface area contributed by atoms with Gasteiger partial charge in [-0.15, -0.1) is 0 Å². The maximum atomic E-state index is 11.6. The molecule has 1 aliphatic carbocycles. The van der Waals surface area contributed by atoms with Gasteiger partial charge in [0, 0.05) is 6.54 Å². The molecule has 0 aromatic heterocycles. The number of hydrogen-bond donors (Lipinski definition) is 1. The van der Waals surface area contributed by atoms with Crippen LogP contribution in [0.25, 0.3) is 0 Å². The lowest BCUT2D eigenvalue weighted by atomic mass is 9.99. The van der Waals surface area contributed by atoms with Crippen LogP contribution >= 0.6 is 0 Å². The summed E-state index contributed by atoms with van der Waals surface area (Å²) in [6.45, 7) is 2.79. The Morgan fingerprint density at radius 1 is 1.56 bits per heavy atom. The summed E-state index contributed by atoms with van der Waals surface area (Å²) in [5, 5.41) is 8.83. The summed E-state index contributed by atoms with van der Waals surface area (Å²) in [5.41, 5.74) is 0.967. The summed E-state index contributed by atoms with van der Waals surface area (Å²) >= 11 is 0. The summed E-state index contributed by atoms with van der Waals surface area (Å²) in [6.07, 6.45) is 6.98. The SMILES string of the molecule is CC1C=CC(COC(=O)N2CC[C@H]2C(=O)O)=CC1. The smallest absolute Gasteiger partial charge is 0.410 e. The molecule has 1 amide bonds. The van der Waals surface area contributed by atoms with Crippen molar-refractivity contribution in [2.45, 2.75) is 25.8 Å². The van der Waals surface area contributed by atoms with E-state index in [1.165, 1.54) is 4.90 Å².